The molecule has 1 N–H and O–H groups in total. The largest absolute Gasteiger partial charge is 0.504 e. The Hall–Kier alpha value is -2.08. The van der Waals surface area contributed by atoms with E-state index < -0.39 is 10.0 Å². The number of hydrogen-bond donors (Lipinski definition) is 1. The van der Waals surface area contributed by atoms with Crippen molar-refractivity contribution in [2.24, 2.45) is 0 Å². The number of allylic oxidation sites excluding steroid dienone is 1. The van der Waals surface area contributed by atoms with E-state index in [4.69, 9.17) is 14.7 Å². The Labute approximate surface area is 122 Å². The van der Waals surface area contributed by atoms with Gasteiger partial charge in [-0.1, -0.05) is 12.1 Å². The van der Waals surface area contributed by atoms with Crippen molar-refractivity contribution in [1.82, 2.24) is 4.31 Å². The standard InChI is InChI=1S/C13H14N2O5S/c1-19-6-7-20-9-15-11(8-14)13(16)10-4-2-3-5-12(10)21(15,17)18/h2-5,16H,6-7,9H2,1H3. The zero-order valence-corrected chi connectivity index (χ0v) is 12.1. The van der Waals surface area contributed by atoms with Gasteiger partial charge in [-0.05, 0) is 12.1 Å². The van der Waals surface area contributed by atoms with Crippen LogP contribution >= 0.6 is 0 Å². The molecule has 0 fully saturated rings. The Morgan fingerprint density at radius 3 is 2.71 bits per heavy atom. The Balaban J connectivity index is 2.42. The molecule has 0 spiro atoms. The van der Waals surface area contributed by atoms with Crippen LogP contribution in [0.2, 0.25) is 0 Å². The summed E-state index contributed by atoms with van der Waals surface area (Å²) in [7, 11) is -2.45. The number of sulfonamides is 1. The van der Waals surface area contributed by atoms with Crippen LogP contribution in [0.3, 0.4) is 0 Å². The second-order valence-electron chi connectivity index (χ2n) is 4.19. The maximum absolute atomic E-state index is 12.5. The highest BCUT2D eigenvalue weighted by molar-refractivity contribution is 7.89. The van der Waals surface area contributed by atoms with Crippen molar-refractivity contribution < 1.29 is 23.0 Å². The number of fused-ring (bicyclic) bond motifs is 1. The Morgan fingerprint density at radius 1 is 1.33 bits per heavy atom. The summed E-state index contributed by atoms with van der Waals surface area (Å²) in [6.07, 6.45) is 0. The van der Waals surface area contributed by atoms with E-state index in [0.29, 0.717) is 6.61 Å². The third-order valence-electron chi connectivity index (χ3n) is 2.93. The number of rotatable bonds is 5. The van der Waals surface area contributed by atoms with Crippen molar-refractivity contribution >= 4 is 15.8 Å². The van der Waals surface area contributed by atoms with Crippen molar-refractivity contribution in [2.45, 2.75) is 4.90 Å². The fourth-order valence-electron chi connectivity index (χ4n) is 1.90. The van der Waals surface area contributed by atoms with E-state index in [9.17, 15) is 13.5 Å². The maximum atomic E-state index is 12.5. The summed E-state index contributed by atoms with van der Waals surface area (Å²) >= 11 is 0. The highest BCUT2D eigenvalue weighted by atomic mass is 32.2. The summed E-state index contributed by atoms with van der Waals surface area (Å²) in [6, 6.07) is 7.66. The molecule has 1 aliphatic rings. The predicted molar refractivity (Wildman–Crippen MR) is 73.3 cm³/mol. The SMILES string of the molecule is COCCOCN1C(C#N)=C(O)c2ccccc2S1(=O)=O. The summed E-state index contributed by atoms with van der Waals surface area (Å²) in [4.78, 5) is -0.0585. The van der Waals surface area contributed by atoms with Crippen LogP contribution in [0, 0.1) is 11.3 Å². The van der Waals surface area contributed by atoms with E-state index in [-0.39, 0.29) is 35.3 Å². The molecule has 8 heteroatoms. The van der Waals surface area contributed by atoms with E-state index in [1.54, 1.807) is 18.2 Å². The molecule has 112 valence electrons. The monoisotopic (exact) mass is 310 g/mol. The molecule has 21 heavy (non-hydrogen) atoms. The second-order valence-corrected chi connectivity index (χ2v) is 6.02. The highest BCUT2D eigenvalue weighted by Gasteiger charge is 2.37. The minimum atomic E-state index is -3.94. The zero-order valence-electron chi connectivity index (χ0n) is 11.3. The summed E-state index contributed by atoms with van der Waals surface area (Å²) in [5.41, 5.74) is -0.242. The van der Waals surface area contributed by atoms with E-state index >= 15 is 0 Å². The summed E-state index contributed by atoms with van der Waals surface area (Å²) in [6.45, 7) is 0.0959. The predicted octanol–water partition coefficient (Wildman–Crippen LogP) is 1.06. The van der Waals surface area contributed by atoms with Crippen molar-refractivity contribution in [3.63, 3.8) is 0 Å². The minimum Gasteiger partial charge on any atom is -0.504 e. The Morgan fingerprint density at radius 2 is 2.05 bits per heavy atom. The van der Waals surface area contributed by atoms with Crippen molar-refractivity contribution in [2.75, 3.05) is 27.1 Å². The van der Waals surface area contributed by atoms with E-state index in [1.165, 1.54) is 19.2 Å². The van der Waals surface area contributed by atoms with Crippen molar-refractivity contribution in [3.8, 4) is 6.07 Å². The molecule has 0 atom stereocenters. The number of hydrogen-bond acceptors (Lipinski definition) is 6. The van der Waals surface area contributed by atoms with Gasteiger partial charge in [0, 0.05) is 12.7 Å². The van der Waals surface area contributed by atoms with Crippen LogP contribution in [-0.4, -0.2) is 44.9 Å². The number of nitrogens with zero attached hydrogens (tertiary/aromatic N) is 2. The van der Waals surface area contributed by atoms with Crippen LogP contribution in [0.5, 0.6) is 0 Å². The average molecular weight is 310 g/mol. The number of ether oxygens (including phenoxy) is 2. The molecule has 0 aromatic heterocycles. The van der Waals surface area contributed by atoms with Gasteiger partial charge in [0.2, 0.25) is 0 Å². The Kier molecular flexibility index (Phi) is 4.47. The molecule has 0 aliphatic carbocycles. The van der Waals surface area contributed by atoms with Crippen molar-refractivity contribution in [1.29, 1.82) is 5.26 Å². The van der Waals surface area contributed by atoms with Gasteiger partial charge in [-0.2, -0.15) is 5.26 Å². The third kappa shape index (κ3) is 2.71. The van der Waals surface area contributed by atoms with Gasteiger partial charge < -0.3 is 14.6 Å². The lowest BCUT2D eigenvalue weighted by Gasteiger charge is -2.28. The molecule has 7 nitrogen and oxygen atoms in total. The molecule has 0 radical (unpaired) electrons. The van der Waals surface area contributed by atoms with Gasteiger partial charge in [-0.25, -0.2) is 12.7 Å². The molecule has 0 unspecified atom stereocenters. The molecular formula is C13H14N2O5S. The van der Waals surface area contributed by atoms with Gasteiger partial charge in [0.1, 0.15) is 12.8 Å². The lowest BCUT2D eigenvalue weighted by molar-refractivity contribution is 0.0416. The van der Waals surface area contributed by atoms with Crippen LogP contribution in [0.4, 0.5) is 0 Å². The molecule has 1 aromatic rings. The van der Waals surface area contributed by atoms with Gasteiger partial charge in [0.15, 0.2) is 11.5 Å². The minimum absolute atomic E-state index is 0.0585. The molecule has 0 amide bonds. The van der Waals surface area contributed by atoms with E-state index in [0.717, 1.165) is 4.31 Å². The fraction of sp³-hybridized carbons (Fsp3) is 0.308. The zero-order chi connectivity index (χ0) is 15.5. The first kappa shape index (κ1) is 15.3. The summed E-state index contributed by atoms with van der Waals surface area (Å²) < 4.78 is 35.7. The number of nitriles is 1. The van der Waals surface area contributed by atoms with Crippen LogP contribution in [-0.2, 0) is 19.5 Å². The van der Waals surface area contributed by atoms with Crippen LogP contribution in [0.15, 0.2) is 34.9 Å². The second kappa shape index (κ2) is 6.13. The lowest BCUT2D eigenvalue weighted by atomic mass is 10.1. The molecule has 0 bridgehead atoms. The van der Waals surface area contributed by atoms with Crippen LogP contribution in [0.25, 0.3) is 5.76 Å². The molecule has 0 saturated heterocycles. The molecule has 0 saturated carbocycles. The summed E-state index contributed by atoms with van der Waals surface area (Å²) in [5, 5.41) is 19.2. The number of benzene rings is 1. The number of aliphatic hydroxyl groups is 1. The Bertz CT molecular complexity index is 706. The molecule has 1 heterocycles. The number of aliphatic hydroxyl groups excluding tert-OH is 1. The van der Waals surface area contributed by atoms with Gasteiger partial charge in [-0.3, -0.25) is 0 Å². The highest BCUT2D eigenvalue weighted by Crippen LogP contribution is 2.34. The van der Waals surface area contributed by atoms with Gasteiger partial charge in [-0.15, -0.1) is 0 Å². The topological polar surface area (TPSA) is 99.9 Å². The lowest BCUT2D eigenvalue weighted by Crippen LogP contribution is -2.36. The van der Waals surface area contributed by atoms with Gasteiger partial charge in [0.25, 0.3) is 10.0 Å². The van der Waals surface area contributed by atoms with Crippen LogP contribution < -0.4 is 0 Å². The molecule has 1 aliphatic heterocycles. The maximum Gasteiger partial charge on any atom is 0.267 e. The molecule has 1 aromatic carbocycles. The first-order chi connectivity index (χ1) is 10.0. The van der Waals surface area contributed by atoms with E-state index in [2.05, 4.69) is 0 Å². The third-order valence-corrected chi connectivity index (χ3v) is 4.71. The molecular weight excluding hydrogens is 296 g/mol. The van der Waals surface area contributed by atoms with Gasteiger partial charge >= 0.3 is 0 Å². The first-order valence-electron chi connectivity index (χ1n) is 6.06. The van der Waals surface area contributed by atoms with Crippen LogP contribution in [0.1, 0.15) is 5.56 Å². The molecule has 2 rings (SSSR count). The van der Waals surface area contributed by atoms with Gasteiger partial charge in [0.05, 0.1) is 18.1 Å². The average Bonchev–Trinajstić information content (AvgIpc) is 2.49. The summed E-state index contributed by atoms with van der Waals surface area (Å²) in [5.74, 6) is -0.377. The smallest absolute Gasteiger partial charge is 0.267 e. The van der Waals surface area contributed by atoms with E-state index in [1.807, 2.05) is 0 Å². The van der Waals surface area contributed by atoms with Crippen molar-refractivity contribution in [3.05, 3.63) is 35.5 Å². The fourth-order valence-corrected chi connectivity index (χ4v) is 3.42. The number of methoxy groups -OCH3 is 1. The quantitative estimate of drug-likeness (QED) is 0.816. The normalized spacial score (nSPS) is 16.5. The first-order valence-corrected chi connectivity index (χ1v) is 7.50.